The predicted octanol–water partition coefficient (Wildman–Crippen LogP) is 2.61. The molecule has 3 aromatic rings. The first kappa shape index (κ1) is 17.3. The molecule has 142 valence electrons. The number of esters is 1. The largest absolute Gasteiger partial charge is 0.466 e. The summed E-state index contributed by atoms with van der Waals surface area (Å²) in [5.74, 6) is -0.343. The molecule has 1 fully saturated rings. The lowest BCUT2D eigenvalue weighted by molar-refractivity contribution is -0.149. The van der Waals surface area contributed by atoms with Crippen molar-refractivity contribution >= 4 is 22.9 Å². The van der Waals surface area contributed by atoms with Crippen LogP contribution in [0.1, 0.15) is 31.7 Å². The number of piperidine rings is 1. The van der Waals surface area contributed by atoms with E-state index in [4.69, 9.17) is 4.74 Å². The molecule has 27 heavy (non-hydrogen) atoms. The van der Waals surface area contributed by atoms with Crippen LogP contribution in [0.4, 0.5) is 0 Å². The number of amides is 1. The Morgan fingerprint density at radius 2 is 2.11 bits per heavy atom. The van der Waals surface area contributed by atoms with Gasteiger partial charge in [0, 0.05) is 37.9 Å². The van der Waals surface area contributed by atoms with Crippen LogP contribution in [0.2, 0.25) is 0 Å². The fourth-order valence-corrected chi connectivity index (χ4v) is 3.51. The Morgan fingerprint density at radius 1 is 1.30 bits per heavy atom. The number of H-pyrrole nitrogens is 2. The number of ether oxygens (including phenoxy) is 1. The summed E-state index contributed by atoms with van der Waals surface area (Å²) in [5.41, 5.74) is 2.89. The molecule has 0 unspecified atom stereocenters. The molecule has 2 N–H and O–H groups in total. The Kier molecular flexibility index (Phi) is 4.62. The first-order chi connectivity index (χ1) is 13.2. The van der Waals surface area contributed by atoms with Gasteiger partial charge in [-0.05, 0) is 31.9 Å². The molecule has 1 amide bonds. The maximum atomic E-state index is 12.8. The third-order valence-electron chi connectivity index (χ3n) is 4.94. The van der Waals surface area contributed by atoms with E-state index < -0.39 is 0 Å². The molecule has 0 saturated carbocycles. The molecule has 3 aromatic heterocycles. The third kappa shape index (κ3) is 3.30. The Balaban J connectivity index is 0.00000225. The molecule has 8 heteroatoms. The van der Waals surface area contributed by atoms with Crippen LogP contribution in [-0.4, -0.2) is 56.4 Å². The Labute approximate surface area is 157 Å². The van der Waals surface area contributed by atoms with Crippen LogP contribution in [0.5, 0.6) is 0 Å². The minimum atomic E-state index is -0.161. The van der Waals surface area contributed by atoms with Gasteiger partial charge in [-0.1, -0.05) is 0 Å². The molecule has 0 atom stereocenters. The highest BCUT2D eigenvalue weighted by atomic mass is 16.5. The van der Waals surface area contributed by atoms with E-state index in [2.05, 4.69) is 19.9 Å². The normalized spacial score (nSPS) is 15.2. The minimum Gasteiger partial charge on any atom is -0.466 e. The summed E-state index contributed by atoms with van der Waals surface area (Å²) in [7, 11) is 0. The van der Waals surface area contributed by atoms with Gasteiger partial charge < -0.3 is 19.6 Å². The van der Waals surface area contributed by atoms with Crippen molar-refractivity contribution < 1.29 is 15.8 Å². The van der Waals surface area contributed by atoms with Crippen LogP contribution >= 0.6 is 0 Å². The molecule has 4 heterocycles. The van der Waals surface area contributed by atoms with Gasteiger partial charge in [0.05, 0.1) is 18.2 Å². The lowest BCUT2D eigenvalue weighted by Gasteiger charge is -2.30. The fraction of sp³-hybridized carbons (Fsp3) is 0.368. The molecule has 1 saturated heterocycles. The van der Waals surface area contributed by atoms with E-state index in [0.717, 1.165) is 22.3 Å². The predicted molar refractivity (Wildman–Crippen MR) is 101 cm³/mol. The Bertz CT molecular complexity index is 975. The smallest absolute Gasteiger partial charge is 0.309 e. The summed E-state index contributed by atoms with van der Waals surface area (Å²) in [6.07, 6.45) is 6.37. The van der Waals surface area contributed by atoms with Crippen molar-refractivity contribution in [1.29, 1.82) is 0 Å². The van der Waals surface area contributed by atoms with Crippen LogP contribution in [0, 0.1) is 5.92 Å². The molecule has 0 spiro atoms. The molecule has 0 radical (unpaired) electrons. The minimum absolute atomic E-state index is 0. The van der Waals surface area contributed by atoms with Crippen LogP contribution < -0.4 is 0 Å². The number of carbonyl (C=O) groups excluding carboxylic acids is 2. The lowest BCUT2D eigenvalue weighted by atomic mass is 9.97. The fourth-order valence-electron chi connectivity index (χ4n) is 3.51. The number of rotatable bonds is 4. The monoisotopic (exact) mass is 369 g/mol. The molecule has 1 aliphatic rings. The summed E-state index contributed by atoms with van der Waals surface area (Å²) in [6.45, 7) is 3.29. The van der Waals surface area contributed by atoms with E-state index in [0.29, 0.717) is 38.2 Å². The van der Waals surface area contributed by atoms with E-state index in [-0.39, 0.29) is 19.2 Å². The second-order valence-corrected chi connectivity index (χ2v) is 6.58. The van der Waals surface area contributed by atoms with Crippen molar-refractivity contribution in [3.8, 4) is 11.3 Å². The number of carbonyl (C=O) groups is 2. The Hall–Kier alpha value is -3.16. The highest BCUT2D eigenvalue weighted by Crippen LogP contribution is 2.26. The number of nitrogens with zero attached hydrogens (tertiary/aromatic N) is 3. The van der Waals surface area contributed by atoms with Gasteiger partial charge in [0.15, 0.2) is 0 Å². The van der Waals surface area contributed by atoms with Crippen molar-refractivity contribution in [2.75, 3.05) is 19.7 Å². The SMILES string of the molecule is CCOC(=O)C1CCN(C(=O)c2cc(-c3ncnc4[nH]ccc34)c[nH]2)CC1.[HH]. The molecule has 4 rings (SSSR count). The van der Waals surface area contributed by atoms with Crippen LogP contribution in [0.3, 0.4) is 0 Å². The van der Waals surface area contributed by atoms with Crippen molar-refractivity contribution in [3.63, 3.8) is 0 Å². The lowest BCUT2D eigenvalue weighted by Crippen LogP contribution is -2.40. The zero-order valence-corrected chi connectivity index (χ0v) is 15.1. The zero-order valence-electron chi connectivity index (χ0n) is 15.1. The number of aromatic nitrogens is 4. The first-order valence-corrected chi connectivity index (χ1v) is 9.10. The van der Waals surface area contributed by atoms with Crippen molar-refractivity contribution in [2.24, 2.45) is 5.92 Å². The van der Waals surface area contributed by atoms with Gasteiger partial charge in [-0.2, -0.15) is 0 Å². The molecule has 1 aliphatic heterocycles. The van der Waals surface area contributed by atoms with Crippen LogP contribution in [0.15, 0.2) is 30.9 Å². The number of likely N-dealkylation sites (tertiary alicyclic amines) is 1. The quantitative estimate of drug-likeness (QED) is 0.688. The van der Waals surface area contributed by atoms with Crippen molar-refractivity contribution in [3.05, 3.63) is 36.5 Å². The van der Waals surface area contributed by atoms with Gasteiger partial charge in [-0.15, -0.1) is 0 Å². The second-order valence-electron chi connectivity index (χ2n) is 6.58. The average Bonchev–Trinajstić information content (AvgIpc) is 3.37. The molecule has 0 aliphatic carbocycles. The van der Waals surface area contributed by atoms with Gasteiger partial charge in [0.25, 0.3) is 5.91 Å². The molecular formula is C19H23N5O3. The topological polar surface area (TPSA) is 104 Å². The molecular weight excluding hydrogens is 346 g/mol. The van der Waals surface area contributed by atoms with E-state index in [1.54, 1.807) is 18.0 Å². The number of nitrogens with one attached hydrogen (secondary N) is 2. The molecule has 8 nitrogen and oxygen atoms in total. The number of hydrogen-bond donors (Lipinski definition) is 2. The molecule has 0 bridgehead atoms. The Morgan fingerprint density at radius 3 is 2.89 bits per heavy atom. The van der Waals surface area contributed by atoms with E-state index >= 15 is 0 Å². The zero-order chi connectivity index (χ0) is 18.8. The highest BCUT2D eigenvalue weighted by molar-refractivity contribution is 5.96. The van der Waals surface area contributed by atoms with E-state index in [1.165, 1.54) is 6.33 Å². The highest BCUT2D eigenvalue weighted by Gasteiger charge is 2.29. The number of hydrogen-bond acceptors (Lipinski definition) is 5. The van der Waals surface area contributed by atoms with Gasteiger partial charge >= 0.3 is 5.97 Å². The van der Waals surface area contributed by atoms with Crippen LogP contribution in [-0.2, 0) is 9.53 Å². The van der Waals surface area contributed by atoms with Gasteiger partial charge in [0.1, 0.15) is 17.7 Å². The summed E-state index contributed by atoms with van der Waals surface area (Å²) in [4.78, 5) is 41.1. The molecule has 0 aromatic carbocycles. The average molecular weight is 369 g/mol. The number of aromatic amines is 2. The van der Waals surface area contributed by atoms with Gasteiger partial charge in [-0.3, -0.25) is 9.59 Å². The van der Waals surface area contributed by atoms with E-state index in [9.17, 15) is 9.59 Å². The second kappa shape index (κ2) is 7.22. The van der Waals surface area contributed by atoms with Crippen molar-refractivity contribution in [1.82, 2.24) is 24.8 Å². The summed E-state index contributed by atoms with van der Waals surface area (Å²) in [5, 5.41) is 0.908. The maximum Gasteiger partial charge on any atom is 0.309 e. The summed E-state index contributed by atoms with van der Waals surface area (Å²) >= 11 is 0. The van der Waals surface area contributed by atoms with Crippen molar-refractivity contribution in [2.45, 2.75) is 19.8 Å². The van der Waals surface area contributed by atoms with E-state index in [1.807, 2.05) is 18.3 Å². The third-order valence-corrected chi connectivity index (χ3v) is 4.94. The summed E-state index contributed by atoms with van der Waals surface area (Å²) < 4.78 is 5.08. The number of fused-ring (bicyclic) bond motifs is 1. The van der Waals surface area contributed by atoms with Gasteiger partial charge in [0.2, 0.25) is 0 Å². The van der Waals surface area contributed by atoms with Gasteiger partial charge in [-0.25, -0.2) is 9.97 Å². The van der Waals surface area contributed by atoms with Crippen LogP contribution in [0.25, 0.3) is 22.3 Å². The first-order valence-electron chi connectivity index (χ1n) is 9.10. The maximum absolute atomic E-state index is 12.8. The summed E-state index contributed by atoms with van der Waals surface area (Å²) in [6, 6.07) is 3.73. The standard InChI is InChI=1S/C19H21N5O3.H2/c1-2-27-19(26)12-4-7-24(8-5-12)18(25)15-9-13(10-21-15)16-14-3-6-20-17(14)23-11-22-16;/h3,6,9-12,21H,2,4-5,7-8H2,1H3,(H,20,22,23);1H.